The molecule has 1 aromatic heterocycles. The Morgan fingerprint density at radius 3 is 2.81 bits per heavy atom. The number of aliphatic carboxylic acids is 1. The Hall–Kier alpha value is -1.43. The van der Waals surface area contributed by atoms with Gasteiger partial charge in [0.1, 0.15) is 0 Å². The zero-order valence-corrected chi connectivity index (χ0v) is 9.55. The molecule has 0 unspecified atom stereocenters. The first-order chi connectivity index (χ1) is 7.37. The monoisotopic (exact) mass is 227 g/mol. The minimum Gasteiger partial charge on any atom is -0.481 e. The second-order valence-electron chi connectivity index (χ2n) is 4.43. The summed E-state index contributed by atoms with van der Waals surface area (Å²) < 4.78 is 1.62. The van der Waals surface area contributed by atoms with E-state index in [2.05, 4.69) is 10.3 Å². The van der Waals surface area contributed by atoms with Crippen LogP contribution in [0, 0.1) is 0 Å². The van der Waals surface area contributed by atoms with Crippen molar-refractivity contribution in [1.82, 2.24) is 15.0 Å². The van der Waals surface area contributed by atoms with Crippen LogP contribution in [0.4, 0.5) is 0 Å². The van der Waals surface area contributed by atoms with E-state index in [1.165, 1.54) is 0 Å². The smallest absolute Gasteiger partial charge is 0.303 e. The summed E-state index contributed by atoms with van der Waals surface area (Å²) in [5, 5.41) is 25.7. The van der Waals surface area contributed by atoms with Crippen molar-refractivity contribution in [3.8, 4) is 0 Å². The number of hydrogen-bond acceptors (Lipinski definition) is 4. The number of aliphatic hydroxyl groups is 1. The molecule has 0 fully saturated rings. The number of carbonyl (C=O) groups is 1. The molecule has 1 aromatic rings. The molecule has 0 aliphatic rings. The van der Waals surface area contributed by atoms with Crippen molar-refractivity contribution >= 4 is 5.97 Å². The van der Waals surface area contributed by atoms with Crippen LogP contribution in [0.25, 0.3) is 0 Å². The van der Waals surface area contributed by atoms with Crippen molar-refractivity contribution in [2.75, 3.05) is 0 Å². The number of rotatable bonds is 6. The lowest BCUT2D eigenvalue weighted by Gasteiger charge is -2.15. The van der Waals surface area contributed by atoms with Gasteiger partial charge in [-0.3, -0.25) is 9.48 Å². The lowest BCUT2D eigenvalue weighted by Crippen LogP contribution is -2.21. The molecular weight excluding hydrogens is 210 g/mol. The molecule has 90 valence electrons. The highest BCUT2D eigenvalue weighted by Gasteiger charge is 2.12. The van der Waals surface area contributed by atoms with Crippen molar-refractivity contribution in [1.29, 1.82) is 0 Å². The predicted molar refractivity (Wildman–Crippen MR) is 56.9 cm³/mol. The highest BCUT2D eigenvalue weighted by molar-refractivity contribution is 5.66. The average molecular weight is 227 g/mol. The third-order valence-corrected chi connectivity index (χ3v) is 2.13. The lowest BCUT2D eigenvalue weighted by atomic mass is 10.1. The molecule has 6 nitrogen and oxygen atoms in total. The molecule has 6 heteroatoms. The van der Waals surface area contributed by atoms with Crippen LogP contribution in [0.2, 0.25) is 0 Å². The Kier molecular flexibility index (Phi) is 4.00. The van der Waals surface area contributed by atoms with Crippen LogP contribution in [0.3, 0.4) is 0 Å². The number of carboxylic acids is 1. The summed E-state index contributed by atoms with van der Waals surface area (Å²) >= 11 is 0. The fourth-order valence-corrected chi connectivity index (χ4v) is 1.19. The molecular formula is C10H17N3O3. The summed E-state index contributed by atoms with van der Waals surface area (Å²) in [5.41, 5.74) is -0.0640. The van der Waals surface area contributed by atoms with Gasteiger partial charge in [-0.05, 0) is 20.3 Å². The van der Waals surface area contributed by atoms with Gasteiger partial charge >= 0.3 is 5.97 Å². The maximum absolute atomic E-state index is 10.3. The third-order valence-electron chi connectivity index (χ3n) is 2.13. The van der Waals surface area contributed by atoms with Gasteiger partial charge in [0.2, 0.25) is 0 Å². The molecule has 0 bridgehead atoms. The van der Waals surface area contributed by atoms with Crippen LogP contribution in [-0.2, 0) is 17.8 Å². The third kappa shape index (κ3) is 4.88. The normalized spacial score (nSPS) is 11.7. The summed E-state index contributed by atoms with van der Waals surface area (Å²) in [5.74, 6) is -0.842. The molecule has 0 aliphatic carbocycles. The molecule has 0 atom stereocenters. The topological polar surface area (TPSA) is 88.2 Å². The first-order valence-electron chi connectivity index (χ1n) is 5.20. The first kappa shape index (κ1) is 12.6. The molecule has 0 saturated carbocycles. The predicted octanol–water partition coefficient (Wildman–Crippen LogP) is 0.456. The Morgan fingerprint density at radius 2 is 2.25 bits per heavy atom. The van der Waals surface area contributed by atoms with E-state index < -0.39 is 11.6 Å². The fourth-order valence-electron chi connectivity index (χ4n) is 1.19. The standard InChI is InChI=1S/C10H17N3O3/c1-10(2,16)5-6-13-7-8(11-12-13)3-4-9(14)15/h7,16H,3-6H2,1-2H3,(H,14,15). The lowest BCUT2D eigenvalue weighted by molar-refractivity contribution is -0.136. The molecule has 0 aromatic carbocycles. The fraction of sp³-hybridized carbons (Fsp3) is 0.700. The van der Waals surface area contributed by atoms with Crippen LogP contribution in [0.5, 0.6) is 0 Å². The van der Waals surface area contributed by atoms with Crippen molar-refractivity contribution in [3.63, 3.8) is 0 Å². The van der Waals surface area contributed by atoms with Gasteiger partial charge in [0.25, 0.3) is 0 Å². The van der Waals surface area contributed by atoms with Crippen LogP contribution >= 0.6 is 0 Å². The molecule has 0 aliphatic heterocycles. The first-order valence-corrected chi connectivity index (χ1v) is 5.20. The molecule has 1 rings (SSSR count). The van der Waals surface area contributed by atoms with E-state index >= 15 is 0 Å². The molecule has 0 radical (unpaired) electrons. The highest BCUT2D eigenvalue weighted by Crippen LogP contribution is 2.08. The van der Waals surface area contributed by atoms with Gasteiger partial charge in [0.05, 0.1) is 17.7 Å². The minimum absolute atomic E-state index is 0.0597. The molecule has 0 amide bonds. The average Bonchev–Trinajstić information content (AvgIpc) is 2.58. The van der Waals surface area contributed by atoms with Gasteiger partial charge in [0, 0.05) is 19.2 Å². The summed E-state index contributed by atoms with van der Waals surface area (Å²) in [6, 6.07) is 0. The maximum Gasteiger partial charge on any atom is 0.303 e. The molecule has 16 heavy (non-hydrogen) atoms. The zero-order valence-electron chi connectivity index (χ0n) is 9.55. The van der Waals surface area contributed by atoms with Crippen LogP contribution in [-0.4, -0.2) is 36.8 Å². The van der Waals surface area contributed by atoms with E-state index in [1.807, 2.05) is 0 Å². The van der Waals surface area contributed by atoms with Gasteiger partial charge in [-0.2, -0.15) is 0 Å². The number of aryl methyl sites for hydroxylation is 2. The van der Waals surface area contributed by atoms with Gasteiger partial charge in [-0.15, -0.1) is 5.10 Å². The van der Waals surface area contributed by atoms with Crippen LogP contribution in [0.1, 0.15) is 32.4 Å². The zero-order chi connectivity index (χ0) is 12.2. The van der Waals surface area contributed by atoms with E-state index in [0.29, 0.717) is 25.1 Å². The Bertz CT molecular complexity index is 354. The number of aromatic nitrogens is 3. The molecule has 1 heterocycles. The Balaban J connectivity index is 2.42. The molecule has 0 spiro atoms. The van der Waals surface area contributed by atoms with E-state index in [1.54, 1.807) is 24.7 Å². The SMILES string of the molecule is CC(C)(O)CCn1cc(CCC(=O)O)nn1. The second-order valence-corrected chi connectivity index (χ2v) is 4.43. The van der Waals surface area contributed by atoms with Crippen LogP contribution < -0.4 is 0 Å². The van der Waals surface area contributed by atoms with E-state index in [4.69, 9.17) is 5.11 Å². The number of carboxylic acid groups (broad SMARTS) is 1. The van der Waals surface area contributed by atoms with E-state index in [0.717, 1.165) is 0 Å². The Labute approximate surface area is 93.9 Å². The van der Waals surface area contributed by atoms with Crippen molar-refractivity contribution in [3.05, 3.63) is 11.9 Å². The van der Waals surface area contributed by atoms with Crippen LogP contribution in [0.15, 0.2) is 6.20 Å². The van der Waals surface area contributed by atoms with Crippen molar-refractivity contribution in [2.45, 2.75) is 45.3 Å². The summed E-state index contributed by atoms with van der Waals surface area (Å²) in [6.07, 6.45) is 2.74. The maximum atomic E-state index is 10.3. The quantitative estimate of drug-likeness (QED) is 0.737. The van der Waals surface area contributed by atoms with Gasteiger partial charge in [-0.25, -0.2) is 0 Å². The largest absolute Gasteiger partial charge is 0.481 e. The van der Waals surface area contributed by atoms with E-state index in [-0.39, 0.29) is 6.42 Å². The van der Waals surface area contributed by atoms with Crippen molar-refractivity contribution < 1.29 is 15.0 Å². The molecule has 0 saturated heterocycles. The van der Waals surface area contributed by atoms with Crippen molar-refractivity contribution in [2.24, 2.45) is 0 Å². The number of hydrogen-bond donors (Lipinski definition) is 2. The highest BCUT2D eigenvalue weighted by atomic mass is 16.4. The summed E-state index contributed by atoms with van der Waals surface area (Å²) in [6.45, 7) is 4.04. The summed E-state index contributed by atoms with van der Waals surface area (Å²) in [7, 11) is 0. The van der Waals surface area contributed by atoms with Gasteiger partial charge in [0.15, 0.2) is 0 Å². The second kappa shape index (κ2) is 5.07. The van der Waals surface area contributed by atoms with Gasteiger partial charge in [-0.1, -0.05) is 5.21 Å². The number of nitrogens with zero attached hydrogens (tertiary/aromatic N) is 3. The molecule has 2 N–H and O–H groups in total. The minimum atomic E-state index is -0.842. The van der Waals surface area contributed by atoms with E-state index in [9.17, 15) is 9.90 Å². The Morgan fingerprint density at radius 1 is 1.56 bits per heavy atom. The summed E-state index contributed by atoms with van der Waals surface area (Å²) in [4.78, 5) is 10.3. The van der Waals surface area contributed by atoms with Gasteiger partial charge < -0.3 is 10.2 Å².